The van der Waals surface area contributed by atoms with E-state index in [4.69, 9.17) is 4.74 Å². The highest BCUT2D eigenvalue weighted by atomic mass is 32.1. The zero-order valence-corrected chi connectivity index (χ0v) is 29.4. The van der Waals surface area contributed by atoms with Gasteiger partial charge in [0.1, 0.15) is 23.1 Å². The number of ether oxygens (including phenoxy) is 1. The van der Waals surface area contributed by atoms with Gasteiger partial charge in [0.25, 0.3) is 0 Å². The summed E-state index contributed by atoms with van der Waals surface area (Å²) in [5, 5.41) is 3.20. The molecular weight excluding hydrogens is 645 g/mol. The Morgan fingerprint density at radius 1 is 0.918 bits per heavy atom. The van der Waals surface area contributed by atoms with Crippen LogP contribution in [0.2, 0.25) is 0 Å². The number of rotatable bonds is 12. The number of carbonyl (C=O) groups is 2. The Labute approximate surface area is 289 Å². The van der Waals surface area contributed by atoms with E-state index in [1.807, 2.05) is 70.3 Å². The van der Waals surface area contributed by atoms with Crippen LogP contribution in [0, 0.1) is 17.6 Å². The minimum atomic E-state index is -0.714. The van der Waals surface area contributed by atoms with Crippen LogP contribution < -0.4 is 10.7 Å². The quantitative estimate of drug-likeness (QED) is 0.134. The van der Waals surface area contributed by atoms with Gasteiger partial charge >= 0.3 is 0 Å². The van der Waals surface area contributed by atoms with Crippen molar-refractivity contribution in [2.45, 2.75) is 59.9 Å². The van der Waals surface area contributed by atoms with Gasteiger partial charge in [-0.3, -0.25) is 19.3 Å². The maximum absolute atomic E-state index is 14.9. The number of benzene rings is 3. The second-order valence-corrected chi connectivity index (χ2v) is 14.5. The molecule has 1 N–H and O–H groups in total. The van der Waals surface area contributed by atoms with Gasteiger partial charge in [-0.1, -0.05) is 62.4 Å². The predicted octanol–water partition coefficient (Wildman–Crippen LogP) is 8.28. The lowest BCUT2D eigenvalue weighted by molar-refractivity contribution is -0.125. The fourth-order valence-corrected chi connectivity index (χ4v) is 6.83. The molecule has 0 aliphatic carbocycles. The molecule has 49 heavy (non-hydrogen) atoms. The molecule has 3 aromatic carbocycles. The van der Waals surface area contributed by atoms with Crippen molar-refractivity contribution in [2.75, 3.05) is 19.0 Å². The maximum Gasteiger partial charge on any atom is 0.250 e. The SMILES string of the molecule is CC(C)C(=O)c1cn(Cc2c(F)cccc2F)c2sc(-c3ccc(NC(=O)COC(C)(C)C)cc3)c(CN(C)Cc3ccccc3)c2c1=O. The average Bonchev–Trinajstić information content (AvgIpc) is 3.42. The number of nitrogens with one attached hydrogen (secondary N) is 1. The van der Waals surface area contributed by atoms with Crippen molar-refractivity contribution < 1.29 is 23.1 Å². The lowest BCUT2D eigenvalue weighted by Crippen LogP contribution is -2.27. The summed E-state index contributed by atoms with van der Waals surface area (Å²) < 4.78 is 37.1. The summed E-state index contributed by atoms with van der Waals surface area (Å²) in [4.78, 5) is 43.6. The molecule has 7 nitrogen and oxygen atoms in total. The second-order valence-electron chi connectivity index (χ2n) is 13.5. The number of halogens is 2. The molecule has 0 unspecified atom stereocenters. The second kappa shape index (κ2) is 14.9. The highest BCUT2D eigenvalue weighted by molar-refractivity contribution is 7.22. The van der Waals surface area contributed by atoms with Gasteiger partial charge in [0.15, 0.2) is 5.78 Å². The zero-order valence-electron chi connectivity index (χ0n) is 28.6. The van der Waals surface area contributed by atoms with Crippen LogP contribution in [-0.4, -0.2) is 40.4 Å². The smallest absolute Gasteiger partial charge is 0.250 e. The molecule has 1 amide bonds. The van der Waals surface area contributed by atoms with Crippen LogP contribution in [0.3, 0.4) is 0 Å². The topological polar surface area (TPSA) is 80.6 Å². The van der Waals surface area contributed by atoms with E-state index in [2.05, 4.69) is 10.2 Å². The molecule has 0 saturated heterocycles. The van der Waals surface area contributed by atoms with E-state index < -0.39 is 28.6 Å². The average molecular weight is 686 g/mol. The van der Waals surface area contributed by atoms with E-state index in [1.165, 1.54) is 35.7 Å². The number of anilines is 1. The van der Waals surface area contributed by atoms with Gasteiger partial charge in [0.2, 0.25) is 11.3 Å². The first-order chi connectivity index (χ1) is 23.2. The Kier molecular flexibility index (Phi) is 10.9. The molecule has 256 valence electrons. The van der Waals surface area contributed by atoms with Crippen molar-refractivity contribution in [1.29, 1.82) is 0 Å². The van der Waals surface area contributed by atoms with Crippen LogP contribution in [0.4, 0.5) is 14.5 Å². The van der Waals surface area contributed by atoms with E-state index >= 15 is 0 Å². The van der Waals surface area contributed by atoms with Crippen LogP contribution in [0.15, 0.2) is 83.8 Å². The summed E-state index contributed by atoms with van der Waals surface area (Å²) in [6.07, 6.45) is 1.44. The molecule has 2 heterocycles. The number of carbonyl (C=O) groups excluding carboxylic acids is 2. The number of fused-ring (bicyclic) bond motifs is 1. The molecule has 0 radical (unpaired) electrons. The number of hydrogen-bond donors (Lipinski definition) is 1. The molecule has 0 saturated carbocycles. The first-order valence-corrected chi connectivity index (χ1v) is 17.0. The summed E-state index contributed by atoms with van der Waals surface area (Å²) in [6, 6.07) is 20.9. The van der Waals surface area contributed by atoms with Crippen molar-refractivity contribution in [3.63, 3.8) is 0 Å². The summed E-state index contributed by atoms with van der Waals surface area (Å²) in [5.41, 5.74) is 2.11. The molecule has 2 aromatic heterocycles. The molecule has 0 aliphatic rings. The van der Waals surface area contributed by atoms with E-state index in [9.17, 15) is 23.2 Å². The Morgan fingerprint density at radius 3 is 2.18 bits per heavy atom. The molecule has 0 fully saturated rings. The summed E-state index contributed by atoms with van der Waals surface area (Å²) in [7, 11) is 1.95. The molecule has 0 spiro atoms. The molecule has 0 atom stereocenters. The van der Waals surface area contributed by atoms with Crippen LogP contribution in [0.5, 0.6) is 0 Å². The maximum atomic E-state index is 14.9. The Morgan fingerprint density at radius 2 is 1.57 bits per heavy atom. The number of aromatic nitrogens is 1. The van der Waals surface area contributed by atoms with E-state index in [-0.39, 0.29) is 36.0 Å². The van der Waals surface area contributed by atoms with E-state index in [0.717, 1.165) is 16.0 Å². The Bertz CT molecular complexity index is 2010. The van der Waals surface area contributed by atoms with E-state index in [0.29, 0.717) is 34.6 Å². The van der Waals surface area contributed by atoms with Crippen LogP contribution in [0.1, 0.15) is 61.7 Å². The first kappa shape index (κ1) is 35.8. The van der Waals surface area contributed by atoms with Crippen molar-refractivity contribution in [3.8, 4) is 10.4 Å². The van der Waals surface area contributed by atoms with Gasteiger partial charge in [0.05, 0.1) is 23.1 Å². The fraction of sp³-hybridized carbons (Fsp3) is 0.308. The summed E-state index contributed by atoms with van der Waals surface area (Å²) in [5.74, 6) is -2.53. The number of Topliss-reactive ketones (excluding diaryl/α,β-unsaturated/α-hetero) is 1. The number of amides is 1. The summed E-state index contributed by atoms with van der Waals surface area (Å²) >= 11 is 1.33. The first-order valence-electron chi connectivity index (χ1n) is 16.1. The predicted molar refractivity (Wildman–Crippen MR) is 192 cm³/mol. The number of hydrogen-bond acceptors (Lipinski definition) is 6. The zero-order chi connectivity index (χ0) is 35.5. The van der Waals surface area contributed by atoms with Crippen molar-refractivity contribution in [1.82, 2.24) is 9.47 Å². The lowest BCUT2D eigenvalue weighted by Gasteiger charge is -2.19. The van der Waals surface area contributed by atoms with Gasteiger partial charge in [0, 0.05) is 41.3 Å². The van der Waals surface area contributed by atoms with Crippen LogP contribution in [-0.2, 0) is 29.2 Å². The van der Waals surface area contributed by atoms with Crippen molar-refractivity contribution in [2.24, 2.45) is 5.92 Å². The molecule has 10 heteroatoms. The Hall–Kier alpha value is -4.51. The van der Waals surface area contributed by atoms with Crippen LogP contribution >= 0.6 is 11.3 Å². The molecular formula is C39H41F2N3O4S. The number of nitrogens with zero attached hydrogens (tertiary/aromatic N) is 2. The van der Waals surface area contributed by atoms with Gasteiger partial charge in [-0.05, 0) is 68.8 Å². The monoisotopic (exact) mass is 685 g/mol. The molecule has 5 aromatic rings. The highest BCUT2D eigenvalue weighted by Gasteiger charge is 2.26. The van der Waals surface area contributed by atoms with Crippen molar-refractivity contribution in [3.05, 3.63) is 123 Å². The minimum Gasteiger partial charge on any atom is -0.366 e. The molecule has 5 rings (SSSR count). The largest absolute Gasteiger partial charge is 0.366 e. The minimum absolute atomic E-state index is 0.0221. The Balaban J connectivity index is 1.65. The van der Waals surface area contributed by atoms with Crippen molar-refractivity contribution >= 4 is 38.9 Å². The van der Waals surface area contributed by atoms with E-state index in [1.54, 1.807) is 30.5 Å². The lowest BCUT2D eigenvalue weighted by atomic mass is 9.99. The highest BCUT2D eigenvalue weighted by Crippen LogP contribution is 2.39. The number of thiophene rings is 1. The third-order valence-electron chi connectivity index (χ3n) is 7.98. The molecule has 0 aliphatic heterocycles. The van der Waals surface area contributed by atoms with Gasteiger partial charge in [-0.15, -0.1) is 11.3 Å². The summed E-state index contributed by atoms with van der Waals surface area (Å²) in [6.45, 7) is 9.71. The number of pyridine rings is 1. The standard InChI is InChI=1S/C39H41F2N3O4S/c1-24(2)35(46)30-22-44(21-28-31(40)13-10-14-32(28)41)38-34(36(30)47)29(20-43(6)19-25-11-8-7-9-12-25)37(49-38)26-15-17-27(18-16-26)42-33(45)23-48-39(3,4)5/h7-18,22,24H,19-21,23H2,1-6H3,(H,42,45). The number of ketones is 1. The fourth-order valence-electron chi connectivity index (χ4n) is 5.54. The van der Waals surface area contributed by atoms with Gasteiger partial charge < -0.3 is 14.6 Å². The normalized spacial score (nSPS) is 11.9. The van der Waals surface area contributed by atoms with Gasteiger partial charge in [-0.25, -0.2) is 8.78 Å². The van der Waals surface area contributed by atoms with Crippen LogP contribution in [0.25, 0.3) is 20.7 Å². The third kappa shape index (κ3) is 8.57. The molecule has 0 bridgehead atoms. The third-order valence-corrected chi connectivity index (χ3v) is 9.29. The van der Waals surface area contributed by atoms with Gasteiger partial charge in [-0.2, -0.15) is 0 Å².